The zero-order valence-electron chi connectivity index (χ0n) is 10.9. The lowest BCUT2D eigenvalue weighted by Crippen LogP contribution is -2.35. The molecule has 0 aliphatic heterocycles. The summed E-state index contributed by atoms with van der Waals surface area (Å²) >= 11 is 0. The maximum absolute atomic E-state index is 11.9. The van der Waals surface area contributed by atoms with E-state index in [2.05, 4.69) is 0 Å². The Morgan fingerprint density at radius 1 is 1.42 bits per heavy atom. The molecule has 1 amide bonds. The second-order valence-corrected chi connectivity index (χ2v) is 4.16. The summed E-state index contributed by atoms with van der Waals surface area (Å²) < 4.78 is 0. The fraction of sp³-hybridized carbons (Fsp3) is 0.286. The van der Waals surface area contributed by atoms with Crippen molar-refractivity contribution in [2.24, 2.45) is 0 Å². The van der Waals surface area contributed by atoms with Gasteiger partial charge in [-0.25, -0.2) is 0 Å². The van der Waals surface area contributed by atoms with Gasteiger partial charge in [0.05, 0.1) is 0 Å². The van der Waals surface area contributed by atoms with Crippen molar-refractivity contribution in [3.63, 3.8) is 0 Å². The third-order valence-corrected chi connectivity index (χ3v) is 2.46. The molecule has 19 heavy (non-hydrogen) atoms. The topological polar surface area (TPSA) is 83.6 Å². The van der Waals surface area contributed by atoms with Crippen LogP contribution in [0.4, 0.5) is 5.69 Å². The maximum Gasteiger partial charge on any atom is 0.323 e. The van der Waals surface area contributed by atoms with Crippen LogP contribution >= 0.6 is 0 Å². The number of aliphatic carboxylic acids is 1. The molecule has 0 unspecified atom stereocenters. The molecule has 1 aromatic rings. The maximum atomic E-state index is 11.9. The lowest BCUT2D eigenvalue weighted by molar-refractivity contribution is -0.142. The Hall–Kier alpha value is -2.30. The Balaban J connectivity index is 2.72. The number of carbonyl (C=O) groups is 2. The summed E-state index contributed by atoms with van der Waals surface area (Å²) in [6.45, 7) is 2.03. The Morgan fingerprint density at radius 2 is 2.16 bits per heavy atom. The van der Waals surface area contributed by atoms with Gasteiger partial charge in [-0.15, -0.1) is 0 Å². The first-order chi connectivity index (χ1) is 9.02. The molecule has 0 aliphatic carbocycles. The van der Waals surface area contributed by atoms with E-state index < -0.39 is 5.97 Å². The fourth-order valence-electron chi connectivity index (χ4n) is 1.64. The lowest BCUT2D eigenvalue weighted by Gasteiger charge is -2.17. The Kier molecular flexibility index (Phi) is 5.60. The number of nitrogens with zero attached hydrogens (tertiary/aromatic N) is 1. The van der Waals surface area contributed by atoms with E-state index in [1.54, 1.807) is 24.3 Å². The third kappa shape index (κ3) is 5.25. The first-order valence-electron chi connectivity index (χ1n) is 6.07. The summed E-state index contributed by atoms with van der Waals surface area (Å²) in [6.07, 6.45) is 3.71. The van der Waals surface area contributed by atoms with E-state index in [4.69, 9.17) is 10.8 Å². The molecule has 0 atom stereocenters. The molecule has 0 spiro atoms. The highest BCUT2D eigenvalue weighted by atomic mass is 16.4. The second-order valence-electron chi connectivity index (χ2n) is 4.16. The van der Waals surface area contributed by atoms with Crippen LogP contribution in [0.25, 0.3) is 6.08 Å². The number of nitrogens with two attached hydrogens (primary N) is 1. The highest BCUT2D eigenvalue weighted by Gasteiger charge is 2.12. The van der Waals surface area contributed by atoms with Gasteiger partial charge in [-0.1, -0.05) is 19.1 Å². The van der Waals surface area contributed by atoms with Gasteiger partial charge in [0, 0.05) is 18.3 Å². The van der Waals surface area contributed by atoms with Gasteiger partial charge in [0.15, 0.2) is 0 Å². The van der Waals surface area contributed by atoms with Crippen molar-refractivity contribution >= 4 is 23.6 Å². The number of hydrogen-bond donors (Lipinski definition) is 2. The second kappa shape index (κ2) is 7.20. The van der Waals surface area contributed by atoms with E-state index in [1.807, 2.05) is 13.0 Å². The van der Waals surface area contributed by atoms with Crippen molar-refractivity contribution in [1.29, 1.82) is 0 Å². The van der Waals surface area contributed by atoms with Crippen LogP contribution in [0.15, 0.2) is 30.3 Å². The Labute approximate surface area is 112 Å². The Bertz CT molecular complexity index is 483. The molecule has 0 fully saturated rings. The number of rotatable bonds is 6. The van der Waals surface area contributed by atoms with Crippen LogP contribution in [-0.2, 0) is 9.59 Å². The van der Waals surface area contributed by atoms with Gasteiger partial charge >= 0.3 is 5.97 Å². The van der Waals surface area contributed by atoms with Gasteiger partial charge in [0.25, 0.3) is 0 Å². The summed E-state index contributed by atoms with van der Waals surface area (Å²) in [6, 6.07) is 7.11. The molecule has 0 aromatic heterocycles. The van der Waals surface area contributed by atoms with Gasteiger partial charge < -0.3 is 15.7 Å². The van der Waals surface area contributed by atoms with Crippen LogP contribution in [0.1, 0.15) is 18.9 Å². The van der Waals surface area contributed by atoms with Crippen molar-refractivity contribution in [3.05, 3.63) is 35.9 Å². The summed E-state index contributed by atoms with van der Waals surface area (Å²) in [5, 5.41) is 8.75. The summed E-state index contributed by atoms with van der Waals surface area (Å²) in [7, 11) is 0. The van der Waals surface area contributed by atoms with Crippen LogP contribution in [-0.4, -0.2) is 35.0 Å². The molecule has 5 heteroatoms. The lowest BCUT2D eigenvalue weighted by atomic mass is 10.2. The fourth-order valence-corrected chi connectivity index (χ4v) is 1.64. The van der Waals surface area contributed by atoms with Gasteiger partial charge in [0.2, 0.25) is 5.91 Å². The van der Waals surface area contributed by atoms with Crippen molar-refractivity contribution in [2.45, 2.75) is 13.3 Å². The average Bonchev–Trinajstić information content (AvgIpc) is 2.35. The predicted octanol–water partition coefficient (Wildman–Crippen LogP) is 1.61. The SMILES string of the molecule is CCCN(CC(=O)O)C(=O)/C=C/c1cccc(N)c1. The number of nitrogen functional groups attached to an aromatic ring is 1. The van der Waals surface area contributed by atoms with Crippen molar-refractivity contribution in [3.8, 4) is 0 Å². The van der Waals surface area contributed by atoms with Crippen molar-refractivity contribution in [1.82, 2.24) is 4.90 Å². The van der Waals surface area contributed by atoms with Crippen LogP contribution < -0.4 is 5.73 Å². The molecule has 102 valence electrons. The van der Waals surface area contributed by atoms with Crippen LogP contribution in [0.3, 0.4) is 0 Å². The highest BCUT2D eigenvalue weighted by molar-refractivity contribution is 5.93. The number of carboxylic acids is 1. The number of carbonyl (C=O) groups excluding carboxylic acids is 1. The van der Waals surface area contributed by atoms with Crippen molar-refractivity contribution in [2.75, 3.05) is 18.8 Å². The molecule has 0 heterocycles. The summed E-state index contributed by atoms with van der Waals surface area (Å²) in [5.74, 6) is -1.33. The Morgan fingerprint density at radius 3 is 2.74 bits per heavy atom. The minimum Gasteiger partial charge on any atom is -0.480 e. The molecule has 1 rings (SSSR count). The largest absolute Gasteiger partial charge is 0.480 e. The number of carboxylic acid groups (broad SMARTS) is 1. The molecule has 1 aromatic carbocycles. The molecule has 0 saturated heterocycles. The molecule has 5 nitrogen and oxygen atoms in total. The average molecular weight is 262 g/mol. The van der Waals surface area contributed by atoms with Crippen molar-refractivity contribution < 1.29 is 14.7 Å². The number of anilines is 1. The quantitative estimate of drug-likeness (QED) is 0.602. The number of benzene rings is 1. The van der Waals surface area contributed by atoms with Gasteiger partial charge in [0.1, 0.15) is 6.54 Å². The van der Waals surface area contributed by atoms with E-state index in [9.17, 15) is 9.59 Å². The standard InChI is InChI=1S/C14H18N2O3/c1-2-8-16(10-14(18)19)13(17)7-6-11-4-3-5-12(15)9-11/h3-7,9H,2,8,10,15H2,1H3,(H,18,19)/b7-6+. The first kappa shape index (κ1) is 14.8. The van der Waals surface area contributed by atoms with Crippen LogP contribution in [0.2, 0.25) is 0 Å². The molecule has 0 radical (unpaired) electrons. The van der Waals surface area contributed by atoms with E-state index in [1.165, 1.54) is 11.0 Å². The zero-order chi connectivity index (χ0) is 14.3. The number of hydrogen-bond acceptors (Lipinski definition) is 3. The summed E-state index contributed by atoms with van der Waals surface area (Å²) in [5.41, 5.74) is 7.05. The zero-order valence-corrected chi connectivity index (χ0v) is 10.9. The van der Waals surface area contributed by atoms with Crippen LogP contribution in [0, 0.1) is 0 Å². The predicted molar refractivity (Wildman–Crippen MR) is 74.4 cm³/mol. The molecule has 0 bridgehead atoms. The minimum atomic E-state index is -1.01. The van der Waals surface area contributed by atoms with Gasteiger partial charge in [-0.3, -0.25) is 9.59 Å². The van der Waals surface area contributed by atoms with Gasteiger partial charge in [-0.05, 0) is 30.2 Å². The molecule has 3 N–H and O–H groups in total. The van der Waals surface area contributed by atoms with E-state index >= 15 is 0 Å². The van der Waals surface area contributed by atoms with E-state index in [-0.39, 0.29) is 12.5 Å². The smallest absolute Gasteiger partial charge is 0.323 e. The molecule has 0 aliphatic rings. The minimum absolute atomic E-state index is 0.284. The number of amides is 1. The summed E-state index contributed by atoms with van der Waals surface area (Å²) in [4.78, 5) is 23.8. The molecular formula is C14H18N2O3. The van der Waals surface area contributed by atoms with E-state index in [0.717, 1.165) is 5.56 Å². The first-order valence-corrected chi connectivity index (χ1v) is 6.07. The normalized spacial score (nSPS) is 10.6. The molecular weight excluding hydrogens is 244 g/mol. The third-order valence-electron chi connectivity index (χ3n) is 2.46. The highest BCUT2D eigenvalue weighted by Crippen LogP contribution is 2.08. The molecule has 0 saturated carbocycles. The van der Waals surface area contributed by atoms with Crippen LogP contribution in [0.5, 0.6) is 0 Å². The van der Waals surface area contributed by atoms with E-state index in [0.29, 0.717) is 18.7 Å². The van der Waals surface area contributed by atoms with Gasteiger partial charge in [-0.2, -0.15) is 0 Å². The monoisotopic (exact) mass is 262 g/mol.